The fraction of sp³-hybridized carbons (Fsp3) is 0.167. The van der Waals surface area contributed by atoms with Crippen LogP contribution in [0.2, 0.25) is 10.0 Å². The Labute approximate surface area is 168 Å². The second kappa shape index (κ2) is 6.29. The topological polar surface area (TPSA) is 101 Å². The fourth-order valence-electron chi connectivity index (χ4n) is 3.66. The van der Waals surface area contributed by atoms with E-state index in [1.807, 2.05) is 13.0 Å². The van der Waals surface area contributed by atoms with Crippen molar-refractivity contribution >= 4 is 46.1 Å². The summed E-state index contributed by atoms with van der Waals surface area (Å²) in [6, 6.07) is 5.31. The molecule has 4 aromatic rings. The number of nitrogens with one attached hydrogen (secondary N) is 2. The Hall–Kier alpha value is -2.97. The summed E-state index contributed by atoms with van der Waals surface area (Å²) in [5.41, 5.74) is 3.66. The van der Waals surface area contributed by atoms with Gasteiger partial charge in [0.2, 0.25) is 5.91 Å². The summed E-state index contributed by atoms with van der Waals surface area (Å²) in [6.45, 7) is 1.90. The van der Waals surface area contributed by atoms with Crippen molar-refractivity contribution in [2.75, 3.05) is 5.32 Å². The van der Waals surface area contributed by atoms with Gasteiger partial charge < -0.3 is 10.3 Å². The minimum atomic E-state index is -0.235. The number of nitrogens with zero attached hydrogens (tertiary/aromatic N) is 5. The van der Waals surface area contributed by atoms with Crippen LogP contribution < -0.4 is 5.32 Å². The second-order valence-corrected chi connectivity index (χ2v) is 7.37. The zero-order valence-corrected chi connectivity index (χ0v) is 16.1. The van der Waals surface area contributed by atoms with Crippen LogP contribution in [-0.2, 0) is 4.79 Å². The molecule has 1 aliphatic rings. The number of hydrogen-bond donors (Lipinski definition) is 2. The van der Waals surface area contributed by atoms with Crippen LogP contribution in [0.25, 0.3) is 17.0 Å². The molecule has 0 unspecified atom stereocenters. The predicted molar refractivity (Wildman–Crippen MR) is 105 cm³/mol. The quantitative estimate of drug-likeness (QED) is 0.522. The fourth-order valence-corrected chi connectivity index (χ4v) is 4.20. The Kier molecular flexibility index (Phi) is 3.85. The zero-order chi connectivity index (χ0) is 19.4. The molecule has 0 spiro atoms. The molecule has 0 radical (unpaired) electrons. The van der Waals surface area contributed by atoms with Gasteiger partial charge >= 0.3 is 0 Å². The second-order valence-electron chi connectivity index (χ2n) is 6.53. The highest BCUT2D eigenvalue weighted by Gasteiger charge is 2.34. The number of imidazole rings is 1. The van der Waals surface area contributed by atoms with Crippen molar-refractivity contribution in [3.05, 3.63) is 57.7 Å². The minimum Gasteiger partial charge on any atom is -0.340 e. The Morgan fingerprint density at radius 2 is 2.07 bits per heavy atom. The number of H-pyrrole nitrogens is 1. The first kappa shape index (κ1) is 17.2. The largest absolute Gasteiger partial charge is 0.340 e. The van der Waals surface area contributed by atoms with Gasteiger partial charge in [-0.1, -0.05) is 29.3 Å². The van der Waals surface area contributed by atoms with Gasteiger partial charge in [0.25, 0.3) is 0 Å². The zero-order valence-electron chi connectivity index (χ0n) is 14.6. The maximum atomic E-state index is 12.5. The van der Waals surface area contributed by atoms with Crippen molar-refractivity contribution < 1.29 is 4.79 Å². The highest BCUT2D eigenvalue weighted by molar-refractivity contribution is 6.35. The third kappa shape index (κ3) is 2.56. The molecule has 0 bridgehead atoms. The summed E-state index contributed by atoms with van der Waals surface area (Å²) in [5, 5.41) is 8.64. The van der Waals surface area contributed by atoms with E-state index in [0.29, 0.717) is 32.8 Å². The molecular weight excluding hydrogens is 401 g/mol. The molecule has 1 atom stereocenters. The molecule has 2 N–H and O–H groups in total. The van der Waals surface area contributed by atoms with Gasteiger partial charge in [-0.15, -0.1) is 0 Å². The molecular formula is C18H13Cl2N7O. The highest BCUT2D eigenvalue weighted by Crippen LogP contribution is 2.42. The first-order valence-corrected chi connectivity index (χ1v) is 9.27. The van der Waals surface area contributed by atoms with Crippen LogP contribution in [0.15, 0.2) is 30.9 Å². The summed E-state index contributed by atoms with van der Waals surface area (Å²) in [4.78, 5) is 28.2. The molecule has 4 heterocycles. The van der Waals surface area contributed by atoms with Crippen molar-refractivity contribution in [1.82, 2.24) is 29.7 Å². The smallest absolute Gasteiger partial charge is 0.226 e. The Bertz CT molecular complexity index is 1250. The third-order valence-corrected chi connectivity index (χ3v) is 5.41. The number of aromatic nitrogens is 6. The molecule has 3 aromatic heterocycles. The van der Waals surface area contributed by atoms with E-state index in [4.69, 9.17) is 23.2 Å². The number of aryl methyl sites for hydroxylation is 1. The van der Waals surface area contributed by atoms with Crippen LogP contribution in [0.3, 0.4) is 0 Å². The van der Waals surface area contributed by atoms with Crippen molar-refractivity contribution in [1.29, 1.82) is 0 Å². The Morgan fingerprint density at radius 1 is 1.21 bits per heavy atom. The van der Waals surface area contributed by atoms with E-state index in [1.165, 1.54) is 6.33 Å². The van der Waals surface area contributed by atoms with E-state index in [9.17, 15) is 4.79 Å². The first-order chi connectivity index (χ1) is 13.5. The first-order valence-electron chi connectivity index (χ1n) is 8.51. The number of aromatic amines is 1. The number of rotatable bonds is 2. The van der Waals surface area contributed by atoms with Gasteiger partial charge in [0.05, 0.1) is 12.0 Å². The van der Waals surface area contributed by atoms with E-state index in [-0.39, 0.29) is 18.2 Å². The lowest BCUT2D eigenvalue weighted by molar-refractivity contribution is -0.116. The minimum absolute atomic E-state index is 0.125. The number of anilines is 1. The monoisotopic (exact) mass is 413 g/mol. The van der Waals surface area contributed by atoms with E-state index < -0.39 is 0 Å². The molecule has 1 aromatic carbocycles. The normalized spacial score (nSPS) is 16.2. The van der Waals surface area contributed by atoms with Crippen LogP contribution in [0.1, 0.15) is 29.2 Å². The van der Waals surface area contributed by atoms with Gasteiger partial charge in [-0.3, -0.25) is 4.79 Å². The molecule has 28 heavy (non-hydrogen) atoms. The van der Waals surface area contributed by atoms with Crippen LogP contribution in [0.5, 0.6) is 0 Å². The maximum absolute atomic E-state index is 12.5. The van der Waals surface area contributed by atoms with Gasteiger partial charge in [-0.25, -0.2) is 15.0 Å². The number of halogens is 2. The van der Waals surface area contributed by atoms with Gasteiger partial charge in [0.15, 0.2) is 11.5 Å². The van der Waals surface area contributed by atoms with E-state index in [0.717, 1.165) is 16.8 Å². The Balaban J connectivity index is 1.73. The van der Waals surface area contributed by atoms with E-state index >= 15 is 0 Å². The van der Waals surface area contributed by atoms with Gasteiger partial charge in [-0.05, 0) is 24.6 Å². The van der Waals surface area contributed by atoms with Crippen LogP contribution >= 0.6 is 23.2 Å². The molecule has 1 aliphatic heterocycles. The van der Waals surface area contributed by atoms with Crippen LogP contribution in [0, 0.1) is 6.92 Å². The molecule has 1 amide bonds. The number of benzene rings is 1. The number of fused-ring (bicyclic) bond motifs is 2. The van der Waals surface area contributed by atoms with Gasteiger partial charge in [0, 0.05) is 27.9 Å². The molecule has 0 saturated carbocycles. The van der Waals surface area contributed by atoms with Crippen molar-refractivity contribution in [3.63, 3.8) is 0 Å². The molecule has 0 saturated heterocycles. The van der Waals surface area contributed by atoms with Gasteiger partial charge in [-0.2, -0.15) is 9.78 Å². The molecule has 0 aliphatic carbocycles. The van der Waals surface area contributed by atoms with Crippen LogP contribution in [0.4, 0.5) is 5.82 Å². The molecule has 140 valence electrons. The number of carbonyl (C=O) groups excluding carboxylic acids is 1. The maximum Gasteiger partial charge on any atom is 0.226 e. The Morgan fingerprint density at radius 3 is 2.89 bits per heavy atom. The lowest BCUT2D eigenvalue weighted by Crippen LogP contribution is -2.25. The number of carbonyl (C=O) groups is 1. The summed E-state index contributed by atoms with van der Waals surface area (Å²) in [6.07, 6.45) is 3.23. The average molecular weight is 414 g/mol. The van der Waals surface area contributed by atoms with Crippen LogP contribution in [-0.4, -0.2) is 35.6 Å². The van der Waals surface area contributed by atoms with Crippen molar-refractivity contribution in [2.45, 2.75) is 19.3 Å². The molecule has 8 nitrogen and oxygen atoms in total. The molecule has 10 heteroatoms. The molecule has 0 fully saturated rings. The predicted octanol–water partition coefficient (Wildman–Crippen LogP) is 3.63. The van der Waals surface area contributed by atoms with E-state index in [1.54, 1.807) is 23.1 Å². The standard InChI is InChI=1S/C18H13Cl2N7O/c1-8-14-11(10-3-2-9(19)4-12(10)20)5-13(28)25-17(14)27(26-8)18-15-16(22-6-21-15)23-7-24-18/h2-4,6-7,11H,5H2,1H3,(H,25,28)(H,21,22,23,24)/t11-/m1/s1. The summed E-state index contributed by atoms with van der Waals surface area (Å²) in [7, 11) is 0. The number of hydrogen-bond acceptors (Lipinski definition) is 5. The summed E-state index contributed by atoms with van der Waals surface area (Å²) in [5.74, 6) is 0.718. The third-order valence-electron chi connectivity index (χ3n) is 4.84. The van der Waals surface area contributed by atoms with E-state index in [2.05, 4.69) is 30.4 Å². The van der Waals surface area contributed by atoms with Crippen molar-refractivity contribution in [2.24, 2.45) is 0 Å². The SMILES string of the molecule is Cc1nn(-c2ncnc3nc[nH]c23)c2c1[C@@H](c1ccc(Cl)cc1Cl)CC(=O)N2. The van der Waals surface area contributed by atoms with Gasteiger partial charge in [0.1, 0.15) is 17.7 Å². The lowest BCUT2D eigenvalue weighted by Gasteiger charge is -2.25. The highest BCUT2D eigenvalue weighted by atomic mass is 35.5. The molecule has 5 rings (SSSR count). The lowest BCUT2D eigenvalue weighted by atomic mass is 9.86. The summed E-state index contributed by atoms with van der Waals surface area (Å²) >= 11 is 12.5. The average Bonchev–Trinajstić information content (AvgIpc) is 3.26. The number of amides is 1. The van der Waals surface area contributed by atoms with Crippen molar-refractivity contribution in [3.8, 4) is 5.82 Å². The summed E-state index contributed by atoms with van der Waals surface area (Å²) < 4.78 is 1.61.